The minimum absolute atomic E-state index is 0.0231. The van der Waals surface area contributed by atoms with E-state index in [-0.39, 0.29) is 25.2 Å². The molecule has 4 rings (SSSR count). The predicted molar refractivity (Wildman–Crippen MR) is 131 cm³/mol. The van der Waals surface area contributed by atoms with Crippen molar-refractivity contribution in [3.8, 4) is 17.2 Å². The lowest BCUT2D eigenvalue weighted by atomic mass is 9.82. The average Bonchev–Trinajstić information content (AvgIpc) is 3.49. The molecule has 2 aliphatic rings. The molecule has 1 fully saturated rings. The van der Waals surface area contributed by atoms with Crippen LogP contribution in [-0.4, -0.2) is 66.9 Å². The number of likely N-dealkylation sites (tertiary alicyclic amines) is 1. The highest BCUT2D eigenvalue weighted by atomic mass is 16.7. The van der Waals surface area contributed by atoms with Crippen molar-refractivity contribution in [1.29, 1.82) is 0 Å². The van der Waals surface area contributed by atoms with Gasteiger partial charge in [-0.15, -0.1) is 0 Å². The maximum Gasteiger partial charge on any atom is 0.309 e. The first-order chi connectivity index (χ1) is 17.0. The van der Waals surface area contributed by atoms with Gasteiger partial charge in [-0.2, -0.15) is 0 Å². The molecule has 188 valence electrons. The third kappa shape index (κ3) is 5.22. The maximum atomic E-state index is 13.3. The number of carbonyl (C=O) groups is 2. The maximum absolute atomic E-state index is 13.3. The molecule has 0 saturated carbocycles. The van der Waals surface area contributed by atoms with Gasteiger partial charge in [-0.1, -0.05) is 31.5 Å². The highest BCUT2D eigenvalue weighted by molar-refractivity contribution is 5.79. The minimum atomic E-state index is -0.887. The second-order valence-corrected chi connectivity index (χ2v) is 9.06. The first-order valence-corrected chi connectivity index (χ1v) is 12.2. The molecule has 0 radical (unpaired) electrons. The Hall–Kier alpha value is -3.26. The van der Waals surface area contributed by atoms with Gasteiger partial charge < -0.3 is 24.2 Å². The number of unbranched alkanes of at least 4 members (excludes halogenated alkanes) is 1. The summed E-state index contributed by atoms with van der Waals surface area (Å²) in [6, 6.07) is 12.6. The van der Waals surface area contributed by atoms with Gasteiger partial charge in [0.05, 0.1) is 19.6 Å². The largest absolute Gasteiger partial charge is 0.497 e. The van der Waals surface area contributed by atoms with Crippen LogP contribution in [0.5, 0.6) is 17.2 Å². The summed E-state index contributed by atoms with van der Waals surface area (Å²) in [6.45, 7) is 6.20. The summed E-state index contributed by atoms with van der Waals surface area (Å²) in [7, 11) is 1.60. The highest BCUT2D eigenvalue weighted by Gasteiger charge is 2.48. The molecule has 0 aromatic heterocycles. The number of methoxy groups -OCH3 is 1. The first kappa shape index (κ1) is 24.9. The molecular formula is C27H34N2O6. The lowest BCUT2D eigenvalue weighted by molar-refractivity contribution is -0.143. The van der Waals surface area contributed by atoms with Crippen molar-refractivity contribution in [2.75, 3.05) is 40.1 Å². The Morgan fingerprint density at radius 1 is 1.09 bits per heavy atom. The molecule has 2 aromatic carbocycles. The molecule has 0 spiro atoms. The van der Waals surface area contributed by atoms with Gasteiger partial charge in [0.2, 0.25) is 12.7 Å². The number of rotatable bonds is 10. The van der Waals surface area contributed by atoms with Gasteiger partial charge in [0.1, 0.15) is 5.75 Å². The number of ether oxygens (including phenoxy) is 3. The molecule has 1 saturated heterocycles. The van der Waals surface area contributed by atoms with Crippen molar-refractivity contribution in [3.63, 3.8) is 0 Å². The van der Waals surface area contributed by atoms with Crippen molar-refractivity contribution in [2.45, 2.75) is 38.6 Å². The third-order valence-corrected chi connectivity index (χ3v) is 7.02. The number of amides is 1. The zero-order valence-corrected chi connectivity index (χ0v) is 20.6. The molecule has 1 N–H and O–H groups in total. The second kappa shape index (κ2) is 11.0. The van der Waals surface area contributed by atoms with Crippen molar-refractivity contribution in [1.82, 2.24) is 9.80 Å². The van der Waals surface area contributed by atoms with Crippen molar-refractivity contribution in [2.24, 2.45) is 5.92 Å². The van der Waals surface area contributed by atoms with E-state index in [1.54, 1.807) is 7.11 Å². The van der Waals surface area contributed by atoms with Crippen LogP contribution in [0.15, 0.2) is 42.5 Å². The van der Waals surface area contributed by atoms with Crippen LogP contribution in [0, 0.1) is 5.92 Å². The van der Waals surface area contributed by atoms with Gasteiger partial charge in [-0.3, -0.25) is 14.5 Å². The molecular weight excluding hydrogens is 448 g/mol. The fourth-order valence-corrected chi connectivity index (χ4v) is 5.15. The normalized spacial score (nSPS) is 21.2. The molecule has 8 heteroatoms. The van der Waals surface area contributed by atoms with Crippen LogP contribution in [0.25, 0.3) is 0 Å². The van der Waals surface area contributed by atoms with E-state index in [9.17, 15) is 14.7 Å². The van der Waals surface area contributed by atoms with Gasteiger partial charge >= 0.3 is 5.97 Å². The zero-order valence-electron chi connectivity index (χ0n) is 20.6. The Balaban J connectivity index is 1.68. The van der Waals surface area contributed by atoms with Gasteiger partial charge in [0, 0.05) is 31.6 Å². The number of hydrogen-bond acceptors (Lipinski definition) is 6. The summed E-state index contributed by atoms with van der Waals surface area (Å²) in [5.74, 6) is 0.0719. The summed E-state index contributed by atoms with van der Waals surface area (Å²) in [6.07, 6.45) is 1.95. The van der Waals surface area contributed by atoms with Gasteiger partial charge in [0.15, 0.2) is 11.5 Å². The fourth-order valence-electron chi connectivity index (χ4n) is 5.15. The second-order valence-electron chi connectivity index (χ2n) is 9.06. The molecule has 3 atom stereocenters. The van der Waals surface area contributed by atoms with E-state index >= 15 is 0 Å². The smallest absolute Gasteiger partial charge is 0.309 e. The number of benzene rings is 2. The fraction of sp³-hybridized carbons (Fsp3) is 0.481. The Labute approximate surface area is 206 Å². The lowest BCUT2D eigenvalue weighted by Gasteiger charge is -2.29. The zero-order chi connectivity index (χ0) is 24.9. The number of carboxylic acids is 1. The number of likely N-dealkylation sites (N-methyl/N-ethyl adjacent to an activating group) is 1. The SMILES string of the molecule is CCCCN(CC)C(=O)CN1CC(c2ccc3c(c2)OCO3)[C@H](C(=O)O)[C@H]1c1ccc(OC)cc1. The average molecular weight is 483 g/mol. The molecule has 2 aromatic rings. The van der Waals surface area contributed by atoms with E-state index < -0.39 is 17.9 Å². The Bertz CT molecular complexity index is 1040. The van der Waals surface area contributed by atoms with Crippen LogP contribution in [0.3, 0.4) is 0 Å². The summed E-state index contributed by atoms with van der Waals surface area (Å²) in [4.78, 5) is 29.8. The Kier molecular flexibility index (Phi) is 7.80. The molecule has 2 heterocycles. The van der Waals surface area contributed by atoms with Crippen molar-refractivity contribution in [3.05, 3.63) is 53.6 Å². The molecule has 1 unspecified atom stereocenters. The standard InChI is InChI=1S/C27H34N2O6/c1-4-6-13-28(5-2)24(30)16-29-15-21(19-9-12-22-23(14-19)35-17-34-22)25(27(31)32)26(29)18-7-10-20(33-3)11-8-18/h7-12,14,21,25-26H,4-6,13,15-17H2,1-3H3,(H,31,32)/t21?,25-,26+/m0/s1. The monoisotopic (exact) mass is 482 g/mol. The first-order valence-electron chi connectivity index (χ1n) is 12.2. The molecule has 2 aliphatic heterocycles. The van der Waals surface area contributed by atoms with Crippen LogP contribution in [0.2, 0.25) is 0 Å². The Morgan fingerprint density at radius 2 is 1.80 bits per heavy atom. The highest BCUT2D eigenvalue weighted by Crippen LogP contribution is 2.47. The van der Waals surface area contributed by atoms with E-state index in [0.29, 0.717) is 36.9 Å². The minimum Gasteiger partial charge on any atom is -0.497 e. The van der Waals surface area contributed by atoms with E-state index in [1.165, 1.54) is 0 Å². The van der Waals surface area contributed by atoms with E-state index in [1.807, 2.05) is 59.2 Å². The van der Waals surface area contributed by atoms with Gasteiger partial charge in [0.25, 0.3) is 0 Å². The molecule has 35 heavy (non-hydrogen) atoms. The molecule has 0 bridgehead atoms. The van der Waals surface area contributed by atoms with Crippen LogP contribution in [0.1, 0.15) is 49.8 Å². The summed E-state index contributed by atoms with van der Waals surface area (Å²) in [5, 5.41) is 10.4. The third-order valence-electron chi connectivity index (χ3n) is 7.02. The summed E-state index contributed by atoms with van der Waals surface area (Å²) < 4.78 is 16.3. The van der Waals surface area contributed by atoms with Crippen molar-refractivity contribution < 1.29 is 28.9 Å². The number of nitrogens with zero attached hydrogens (tertiary/aromatic N) is 2. The van der Waals surface area contributed by atoms with Crippen LogP contribution < -0.4 is 14.2 Å². The van der Waals surface area contributed by atoms with E-state index in [4.69, 9.17) is 14.2 Å². The Morgan fingerprint density at radius 3 is 2.46 bits per heavy atom. The van der Waals surface area contributed by atoms with Crippen LogP contribution in [-0.2, 0) is 9.59 Å². The molecule has 0 aliphatic carbocycles. The number of carboxylic acid groups (broad SMARTS) is 1. The summed E-state index contributed by atoms with van der Waals surface area (Å²) >= 11 is 0. The molecule has 8 nitrogen and oxygen atoms in total. The van der Waals surface area contributed by atoms with Crippen LogP contribution >= 0.6 is 0 Å². The van der Waals surface area contributed by atoms with Crippen molar-refractivity contribution >= 4 is 11.9 Å². The van der Waals surface area contributed by atoms with Crippen LogP contribution in [0.4, 0.5) is 0 Å². The molecule has 1 amide bonds. The lowest BCUT2D eigenvalue weighted by Crippen LogP contribution is -2.41. The number of aliphatic carboxylic acids is 1. The quantitative estimate of drug-likeness (QED) is 0.549. The topological polar surface area (TPSA) is 88.5 Å². The number of hydrogen-bond donors (Lipinski definition) is 1. The van der Waals surface area contributed by atoms with E-state index in [0.717, 1.165) is 24.0 Å². The predicted octanol–water partition coefficient (Wildman–Crippen LogP) is 3.91. The van der Waals surface area contributed by atoms with E-state index in [2.05, 4.69) is 6.92 Å². The van der Waals surface area contributed by atoms with Gasteiger partial charge in [-0.05, 0) is 48.7 Å². The summed E-state index contributed by atoms with van der Waals surface area (Å²) in [5.41, 5.74) is 1.72. The number of carbonyl (C=O) groups excluding carboxylic acids is 1. The van der Waals surface area contributed by atoms with Gasteiger partial charge in [-0.25, -0.2) is 0 Å². The number of fused-ring (bicyclic) bond motifs is 1.